The summed E-state index contributed by atoms with van der Waals surface area (Å²) in [6, 6.07) is 0. The van der Waals surface area contributed by atoms with E-state index in [0.29, 0.717) is 6.54 Å². The quantitative estimate of drug-likeness (QED) is 0.793. The zero-order chi connectivity index (χ0) is 12.0. The van der Waals surface area contributed by atoms with Crippen molar-refractivity contribution in [3.8, 4) is 0 Å². The van der Waals surface area contributed by atoms with Gasteiger partial charge in [-0.25, -0.2) is 0 Å². The minimum Gasteiger partial charge on any atom is -0.354 e. The van der Waals surface area contributed by atoms with Crippen LogP contribution in [0.15, 0.2) is 0 Å². The molecule has 1 rings (SSSR count). The third-order valence-corrected chi connectivity index (χ3v) is 3.88. The van der Waals surface area contributed by atoms with E-state index in [-0.39, 0.29) is 30.7 Å². The molecule has 0 atom stereocenters. The molecule has 1 aliphatic heterocycles. The van der Waals surface area contributed by atoms with E-state index in [1.807, 2.05) is 25.6 Å². The van der Waals surface area contributed by atoms with Crippen LogP contribution in [0.1, 0.15) is 13.8 Å². The summed E-state index contributed by atoms with van der Waals surface area (Å²) in [5, 5.41) is 2.95. The van der Waals surface area contributed by atoms with Gasteiger partial charge in [-0.3, -0.25) is 9.69 Å². The van der Waals surface area contributed by atoms with Crippen LogP contribution in [0.2, 0.25) is 0 Å². The molecular weight excluding hydrogens is 293 g/mol. The largest absolute Gasteiger partial charge is 0.354 e. The van der Waals surface area contributed by atoms with Crippen LogP contribution in [-0.4, -0.2) is 55.0 Å². The highest BCUT2D eigenvalue weighted by atomic mass is 35.5. The van der Waals surface area contributed by atoms with Crippen molar-refractivity contribution in [2.75, 3.05) is 44.2 Å². The molecule has 1 fully saturated rings. The van der Waals surface area contributed by atoms with Crippen molar-refractivity contribution in [1.82, 2.24) is 10.2 Å². The molecular formula is C11H25Cl2N3OS. The van der Waals surface area contributed by atoms with Crippen LogP contribution in [0.3, 0.4) is 0 Å². The fourth-order valence-electron chi connectivity index (χ4n) is 1.48. The maximum Gasteiger partial charge on any atom is 0.226 e. The van der Waals surface area contributed by atoms with E-state index in [2.05, 4.69) is 10.2 Å². The normalized spacial score (nSPS) is 16.4. The monoisotopic (exact) mass is 317 g/mol. The number of amides is 1. The summed E-state index contributed by atoms with van der Waals surface area (Å²) in [7, 11) is 0. The molecule has 3 N–H and O–H groups in total. The molecule has 1 saturated heterocycles. The van der Waals surface area contributed by atoms with E-state index in [1.165, 1.54) is 11.5 Å². The van der Waals surface area contributed by atoms with Gasteiger partial charge < -0.3 is 11.1 Å². The summed E-state index contributed by atoms with van der Waals surface area (Å²) >= 11 is 2.00. The maximum absolute atomic E-state index is 11.7. The number of halogens is 2. The molecule has 0 aromatic rings. The van der Waals surface area contributed by atoms with Gasteiger partial charge in [-0.15, -0.1) is 24.8 Å². The van der Waals surface area contributed by atoms with E-state index < -0.39 is 5.41 Å². The lowest BCUT2D eigenvalue weighted by molar-refractivity contribution is -0.128. The van der Waals surface area contributed by atoms with Crippen LogP contribution in [0, 0.1) is 5.41 Å². The fourth-order valence-corrected chi connectivity index (χ4v) is 2.46. The van der Waals surface area contributed by atoms with Crippen molar-refractivity contribution in [1.29, 1.82) is 0 Å². The van der Waals surface area contributed by atoms with Crippen LogP contribution < -0.4 is 11.1 Å². The van der Waals surface area contributed by atoms with Crippen molar-refractivity contribution in [2.24, 2.45) is 11.1 Å². The molecule has 0 saturated carbocycles. The molecule has 18 heavy (non-hydrogen) atoms. The topological polar surface area (TPSA) is 58.4 Å². The standard InChI is InChI=1S/C11H23N3OS.2ClH/c1-11(2,9-12)10(15)13-3-4-14-5-7-16-8-6-14;;/h3-9,12H2,1-2H3,(H,13,15);2*1H. The summed E-state index contributed by atoms with van der Waals surface area (Å²) in [5.41, 5.74) is 5.10. The number of thioether (sulfide) groups is 1. The zero-order valence-electron chi connectivity index (χ0n) is 11.1. The molecule has 0 radical (unpaired) electrons. The van der Waals surface area contributed by atoms with Gasteiger partial charge in [0.05, 0.1) is 5.41 Å². The lowest BCUT2D eigenvalue weighted by Crippen LogP contribution is -2.45. The lowest BCUT2D eigenvalue weighted by atomic mass is 9.93. The average Bonchev–Trinajstić information content (AvgIpc) is 2.30. The van der Waals surface area contributed by atoms with Crippen LogP contribution in [0.25, 0.3) is 0 Å². The Morgan fingerprint density at radius 1 is 1.33 bits per heavy atom. The fraction of sp³-hybridized carbons (Fsp3) is 0.909. The van der Waals surface area contributed by atoms with Crippen LogP contribution >= 0.6 is 36.6 Å². The molecule has 7 heteroatoms. The molecule has 0 aliphatic carbocycles. The van der Waals surface area contributed by atoms with Gasteiger partial charge in [0.15, 0.2) is 0 Å². The molecule has 1 amide bonds. The maximum atomic E-state index is 11.7. The minimum atomic E-state index is -0.447. The zero-order valence-corrected chi connectivity index (χ0v) is 13.6. The first-order valence-electron chi connectivity index (χ1n) is 5.85. The van der Waals surface area contributed by atoms with Gasteiger partial charge in [-0.05, 0) is 13.8 Å². The number of hydrogen-bond donors (Lipinski definition) is 2. The van der Waals surface area contributed by atoms with E-state index in [9.17, 15) is 4.79 Å². The number of nitrogens with one attached hydrogen (secondary N) is 1. The first-order chi connectivity index (χ1) is 7.56. The summed E-state index contributed by atoms with van der Waals surface area (Å²) in [4.78, 5) is 14.1. The van der Waals surface area contributed by atoms with Gasteiger partial charge in [-0.1, -0.05) is 0 Å². The number of carbonyl (C=O) groups is 1. The van der Waals surface area contributed by atoms with Crippen LogP contribution in [0.4, 0.5) is 0 Å². The second-order valence-electron chi connectivity index (χ2n) is 4.80. The second-order valence-corrected chi connectivity index (χ2v) is 6.02. The second kappa shape index (κ2) is 10.1. The SMILES string of the molecule is CC(C)(CN)C(=O)NCCN1CCSCC1.Cl.Cl. The Bertz CT molecular complexity index is 236. The smallest absolute Gasteiger partial charge is 0.226 e. The molecule has 1 aliphatic rings. The first-order valence-corrected chi connectivity index (χ1v) is 7.00. The van der Waals surface area contributed by atoms with Crippen molar-refractivity contribution in [3.63, 3.8) is 0 Å². The van der Waals surface area contributed by atoms with E-state index in [0.717, 1.165) is 26.2 Å². The molecule has 0 aromatic heterocycles. The third-order valence-electron chi connectivity index (χ3n) is 2.94. The van der Waals surface area contributed by atoms with E-state index >= 15 is 0 Å². The summed E-state index contributed by atoms with van der Waals surface area (Å²) < 4.78 is 0. The molecule has 0 unspecified atom stereocenters. The Hall–Kier alpha value is 0.320. The highest BCUT2D eigenvalue weighted by molar-refractivity contribution is 7.99. The highest BCUT2D eigenvalue weighted by Gasteiger charge is 2.25. The Balaban J connectivity index is 0. The molecule has 0 spiro atoms. The van der Waals surface area contributed by atoms with E-state index in [1.54, 1.807) is 0 Å². The van der Waals surface area contributed by atoms with Gasteiger partial charge in [-0.2, -0.15) is 11.8 Å². The predicted octanol–water partition coefficient (Wildman–Crippen LogP) is 0.980. The van der Waals surface area contributed by atoms with Gasteiger partial charge in [0.1, 0.15) is 0 Å². The summed E-state index contributed by atoms with van der Waals surface area (Å²) in [5.74, 6) is 2.48. The van der Waals surface area contributed by atoms with Crippen LogP contribution in [-0.2, 0) is 4.79 Å². The Morgan fingerprint density at radius 3 is 2.39 bits per heavy atom. The summed E-state index contributed by atoms with van der Waals surface area (Å²) in [6.45, 7) is 8.10. The first kappa shape index (κ1) is 20.6. The molecule has 0 bridgehead atoms. The highest BCUT2D eigenvalue weighted by Crippen LogP contribution is 2.12. The Kier molecular flexibility index (Phi) is 11.6. The molecule has 0 aromatic carbocycles. The lowest BCUT2D eigenvalue weighted by Gasteiger charge is -2.27. The number of nitrogens with two attached hydrogens (primary N) is 1. The van der Waals surface area contributed by atoms with Crippen molar-refractivity contribution in [3.05, 3.63) is 0 Å². The van der Waals surface area contributed by atoms with Gasteiger partial charge in [0.2, 0.25) is 5.91 Å². The average molecular weight is 318 g/mol. The third kappa shape index (κ3) is 7.04. The number of hydrogen-bond acceptors (Lipinski definition) is 4. The van der Waals surface area contributed by atoms with Crippen LogP contribution in [0.5, 0.6) is 0 Å². The van der Waals surface area contributed by atoms with E-state index in [4.69, 9.17) is 5.73 Å². The number of carbonyl (C=O) groups excluding carboxylic acids is 1. The number of nitrogens with zero attached hydrogens (tertiary/aromatic N) is 1. The van der Waals surface area contributed by atoms with Gasteiger partial charge in [0, 0.05) is 44.2 Å². The van der Waals surface area contributed by atoms with Gasteiger partial charge >= 0.3 is 0 Å². The minimum absolute atomic E-state index is 0. The number of rotatable bonds is 5. The Morgan fingerprint density at radius 2 is 1.89 bits per heavy atom. The van der Waals surface area contributed by atoms with Gasteiger partial charge in [0.25, 0.3) is 0 Å². The molecule has 4 nitrogen and oxygen atoms in total. The van der Waals surface area contributed by atoms with Crippen molar-refractivity contribution < 1.29 is 4.79 Å². The Labute approximate surface area is 127 Å². The van der Waals surface area contributed by atoms with Crippen molar-refractivity contribution >= 4 is 42.5 Å². The molecule has 1 heterocycles. The molecule has 110 valence electrons. The predicted molar refractivity (Wildman–Crippen MR) is 84.1 cm³/mol. The summed E-state index contributed by atoms with van der Waals surface area (Å²) in [6.07, 6.45) is 0. The van der Waals surface area contributed by atoms with Crippen molar-refractivity contribution in [2.45, 2.75) is 13.8 Å².